The van der Waals surface area contributed by atoms with Gasteiger partial charge < -0.3 is 20.0 Å². The third kappa shape index (κ3) is 5.85. The van der Waals surface area contributed by atoms with Crippen molar-refractivity contribution in [2.24, 2.45) is 5.92 Å². The number of amides is 3. The smallest absolute Gasteiger partial charge is 0.256 e. The quantitative estimate of drug-likeness (QED) is 0.521. The summed E-state index contributed by atoms with van der Waals surface area (Å²) < 4.78 is 13.1. The molecule has 1 N–H and O–H groups in total. The minimum Gasteiger partial charge on any atom is -0.368 e. The maximum absolute atomic E-state index is 13.4. The summed E-state index contributed by atoms with van der Waals surface area (Å²) >= 11 is 0. The Morgan fingerprint density at radius 3 is 2.29 bits per heavy atom. The zero-order valence-electron chi connectivity index (χ0n) is 21.2. The predicted molar refractivity (Wildman–Crippen MR) is 144 cm³/mol. The summed E-state index contributed by atoms with van der Waals surface area (Å²) in [7, 11) is 0. The third-order valence-corrected chi connectivity index (χ3v) is 7.27. The second-order valence-electron chi connectivity index (χ2n) is 9.77. The van der Waals surface area contributed by atoms with Crippen LogP contribution in [0.5, 0.6) is 0 Å². The van der Waals surface area contributed by atoms with Gasteiger partial charge in [-0.15, -0.1) is 0 Å². The van der Waals surface area contributed by atoms with Crippen LogP contribution in [0.3, 0.4) is 0 Å². The summed E-state index contributed by atoms with van der Waals surface area (Å²) in [5, 5.41) is 2.91. The molecule has 2 aliphatic rings. The first-order valence-electron chi connectivity index (χ1n) is 13.0. The van der Waals surface area contributed by atoms with Crippen LogP contribution in [0.15, 0.2) is 78.9 Å². The molecule has 0 saturated carbocycles. The number of hydrogen-bond donors (Lipinski definition) is 1. The first-order valence-corrected chi connectivity index (χ1v) is 13.0. The summed E-state index contributed by atoms with van der Waals surface area (Å²) in [6.45, 7) is 3.46. The Labute approximate surface area is 221 Å². The number of carbonyl (C=O) groups excluding carboxylic acids is 3. The van der Waals surface area contributed by atoms with Gasteiger partial charge in [0.2, 0.25) is 11.8 Å². The molecule has 5 rings (SSSR count). The Morgan fingerprint density at radius 2 is 1.55 bits per heavy atom. The number of carbonyl (C=O) groups is 3. The van der Waals surface area contributed by atoms with Crippen molar-refractivity contribution in [3.05, 3.63) is 95.8 Å². The van der Waals surface area contributed by atoms with Gasteiger partial charge in [0.05, 0.1) is 17.2 Å². The largest absolute Gasteiger partial charge is 0.368 e. The predicted octanol–water partition coefficient (Wildman–Crippen LogP) is 3.82. The highest BCUT2D eigenvalue weighted by Crippen LogP contribution is 2.24. The monoisotopic (exact) mass is 514 g/mol. The fraction of sp³-hybridized carbons (Fsp3) is 0.300. The van der Waals surface area contributed by atoms with Crippen molar-refractivity contribution < 1.29 is 18.8 Å². The van der Waals surface area contributed by atoms with E-state index >= 15 is 0 Å². The number of hydrogen-bond acceptors (Lipinski definition) is 4. The van der Waals surface area contributed by atoms with E-state index in [1.807, 2.05) is 23.1 Å². The number of anilines is 2. The van der Waals surface area contributed by atoms with Crippen LogP contribution in [0, 0.1) is 11.7 Å². The van der Waals surface area contributed by atoms with Crippen LogP contribution in [0.1, 0.15) is 22.3 Å². The Morgan fingerprint density at radius 1 is 0.868 bits per heavy atom. The van der Waals surface area contributed by atoms with Crippen LogP contribution in [0.2, 0.25) is 0 Å². The van der Waals surface area contributed by atoms with Gasteiger partial charge in [-0.3, -0.25) is 14.4 Å². The molecular formula is C30H31FN4O3. The van der Waals surface area contributed by atoms with Crippen molar-refractivity contribution in [1.29, 1.82) is 0 Å². The summed E-state index contributed by atoms with van der Waals surface area (Å²) in [4.78, 5) is 44.8. The van der Waals surface area contributed by atoms with E-state index in [9.17, 15) is 18.8 Å². The standard InChI is InChI=1S/C30H31FN4O3/c31-24-12-10-22(11-13-24)14-15-35-21-23(20-28(35)36)29(37)32-27-9-5-4-8-26(27)30(38)34-18-16-33(17-19-34)25-6-2-1-3-7-25/h1-13,23H,14-21H2,(H,32,37). The fourth-order valence-corrected chi connectivity index (χ4v) is 5.07. The zero-order valence-corrected chi connectivity index (χ0v) is 21.2. The van der Waals surface area contributed by atoms with Gasteiger partial charge in [0, 0.05) is 51.4 Å². The fourth-order valence-electron chi connectivity index (χ4n) is 5.07. The van der Waals surface area contributed by atoms with Gasteiger partial charge in [-0.1, -0.05) is 42.5 Å². The van der Waals surface area contributed by atoms with Crippen LogP contribution in [0.4, 0.5) is 15.8 Å². The SMILES string of the molecule is O=C(Nc1ccccc1C(=O)N1CCN(c2ccccc2)CC1)C1CC(=O)N(CCc2ccc(F)cc2)C1. The molecule has 2 aliphatic heterocycles. The Bertz CT molecular complexity index is 1290. The number of nitrogens with one attached hydrogen (secondary N) is 1. The first kappa shape index (κ1) is 25.4. The number of piperazine rings is 1. The van der Waals surface area contributed by atoms with Crippen LogP contribution in [-0.4, -0.2) is 66.8 Å². The molecule has 0 aromatic heterocycles. The maximum Gasteiger partial charge on any atom is 0.256 e. The average Bonchev–Trinajstić information content (AvgIpc) is 3.33. The lowest BCUT2D eigenvalue weighted by atomic mass is 10.1. The van der Waals surface area contributed by atoms with Gasteiger partial charge in [-0.25, -0.2) is 4.39 Å². The van der Waals surface area contributed by atoms with E-state index < -0.39 is 5.92 Å². The minimum absolute atomic E-state index is 0.0760. The summed E-state index contributed by atoms with van der Waals surface area (Å²) in [5.41, 5.74) is 2.99. The summed E-state index contributed by atoms with van der Waals surface area (Å²) in [5.74, 6) is -1.24. The van der Waals surface area contributed by atoms with Crippen LogP contribution < -0.4 is 10.2 Å². The Hall–Kier alpha value is -4.20. The molecule has 1 unspecified atom stereocenters. The Kier molecular flexibility index (Phi) is 7.67. The molecule has 3 amide bonds. The lowest BCUT2D eigenvalue weighted by molar-refractivity contribution is -0.128. The van der Waals surface area contributed by atoms with E-state index in [0.717, 1.165) is 24.3 Å². The number of nitrogens with zero attached hydrogens (tertiary/aromatic N) is 3. The van der Waals surface area contributed by atoms with Gasteiger partial charge in [-0.05, 0) is 48.4 Å². The highest BCUT2D eigenvalue weighted by Gasteiger charge is 2.34. The Balaban J connectivity index is 1.17. The van der Waals surface area contributed by atoms with Gasteiger partial charge >= 0.3 is 0 Å². The molecule has 3 aromatic carbocycles. The number of para-hydroxylation sites is 2. The van der Waals surface area contributed by atoms with Gasteiger partial charge in [0.15, 0.2) is 0 Å². The van der Waals surface area contributed by atoms with E-state index in [-0.39, 0.29) is 30.0 Å². The van der Waals surface area contributed by atoms with E-state index in [0.29, 0.717) is 43.9 Å². The lowest BCUT2D eigenvalue weighted by Crippen LogP contribution is -2.49. The van der Waals surface area contributed by atoms with Crippen molar-refractivity contribution in [3.63, 3.8) is 0 Å². The second kappa shape index (κ2) is 11.5. The molecule has 7 nitrogen and oxygen atoms in total. The number of benzene rings is 3. The highest BCUT2D eigenvalue weighted by atomic mass is 19.1. The molecule has 0 aliphatic carbocycles. The normalized spacial score (nSPS) is 17.6. The van der Waals surface area contributed by atoms with Crippen molar-refractivity contribution in [2.75, 3.05) is 49.5 Å². The number of likely N-dealkylation sites (tertiary alicyclic amines) is 1. The van der Waals surface area contributed by atoms with Gasteiger partial charge in [0.1, 0.15) is 5.82 Å². The molecule has 8 heteroatoms. The molecule has 196 valence electrons. The maximum atomic E-state index is 13.4. The molecule has 0 spiro atoms. The van der Waals surface area contributed by atoms with Crippen molar-refractivity contribution >= 4 is 29.1 Å². The van der Waals surface area contributed by atoms with Crippen LogP contribution in [0.25, 0.3) is 0 Å². The van der Waals surface area contributed by atoms with Crippen molar-refractivity contribution in [2.45, 2.75) is 12.8 Å². The van der Waals surface area contributed by atoms with E-state index in [2.05, 4.69) is 22.3 Å². The molecule has 3 aromatic rings. The van der Waals surface area contributed by atoms with Gasteiger partial charge in [0.25, 0.3) is 5.91 Å². The average molecular weight is 515 g/mol. The molecule has 2 fully saturated rings. The minimum atomic E-state index is -0.492. The molecule has 2 saturated heterocycles. The zero-order chi connectivity index (χ0) is 26.5. The van der Waals surface area contributed by atoms with E-state index in [1.165, 1.54) is 12.1 Å². The first-order chi connectivity index (χ1) is 18.5. The summed E-state index contributed by atoms with van der Waals surface area (Å²) in [6.07, 6.45) is 0.724. The topological polar surface area (TPSA) is 73.0 Å². The molecule has 38 heavy (non-hydrogen) atoms. The molecule has 0 radical (unpaired) electrons. The number of rotatable bonds is 7. The molecule has 0 bridgehead atoms. The van der Waals surface area contributed by atoms with Crippen LogP contribution >= 0.6 is 0 Å². The van der Waals surface area contributed by atoms with Crippen molar-refractivity contribution in [3.8, 4) is 0 Å². The molecular weight excluding hydrogens is 483 g/mol. The highest BCUT2D eigenvalue weighted by molar-refractivity contribution is 6.05. The lowest BCUT2D eigenvalue weighted by Gasteiger charge is -2.36. The van der Waals surface area contributed by atoms with Gasteiger partial charge in [-0.2, -0.15) is 0 Å². The third-order valence-electron chi connectivity index (χ3n) is 7.27. The van der Waals surface area contributed by atoms with E-state index in [1.54, 1.807) is 41.3 Å². The van der Waals surface area contributed by atoms with E-state index in [4.69, 9.17) is 0 Å². The number of halogens is 1. The van der Waals surface area contributed by atoms with Crippen LogP contribution in [-0.2, 0) is 16.0 Å². The van der Waals surface area contributed by atoms with Crippen molar-refractivity contribution in [1.82, 2.24) is 9.80 Å². The molecule has 2 heterocycles. The second-order valence-corrected chi connectivity index (χ2v) is 9.77. The summed E-state index contributed by atoms with van der Waals surface area (Å²) in [6, 6.07) is 23.4. The molecule has 1 atom stereocenters.